The van der Waals surface area contributed by atoms with E-state index < -0.39 is 22.4 Å². The molecule has 0 saturated carbocycles. The highest BCUT2D eigenvalue weighted by Gasteiger charge is 2.17. The Hall–Kier alpha value is -1.02. The van der Waals surface area contributed by atoms with Gasteiger partial charge in [0.05, 0.1) is 18.1 Å². The highest BCUT2D eigenvalue weighted by molar-refractivity contribution is 7.89. The van der Waals surface area contributed by atoms with E-state index in [2.05, 4.69) is 4.72 Å². The van der Waals surface area contributed by atoms with E-state index in [9.17, 15) is 12.8 Å². The fraction of sp³-hybridized carbons (Fsp3) is 0.571. The molecule has 0 bridgehead atoms. The lowest BCUT2D eigenvalue weighted by Gasteiger charge is -2.11. The van der Waals surface area contributed by atoms with Crippen molar-refractivity contribution >= 4 is 10.0 Å². The first-order valence-electron chi connectivity index (χ1n) is 6.75. The van der Waals surface area contributed by atoms with Crippen LogP contribution < -0.4 is 4.72 Å². The van der Waals surface area contributed by atoms with Gasteiger partial charge in [0.15, 0.2) is 0 Å². The van der Waals surface area contributed by atoms with Crippen molar-refractivity contribution in [2.45, 2.75) is 32.3 Å². The predicted molar refractivity (Wildman–Crippen MR) is 77.9 cm³/mol. The van der Waals surface area contributed by atoms with Gasteiger partial charge < -0.3 is 9.84 Å². The minimum absolute atomic E-state index is 0.0357. The number of halogens is 1. The molecule has 0 aliphatic rings. The van der Waals surface area contributed by atoms with Crippen molar-refractivity contribution < 1.29 is 22.7 Å². The van der Waals surface area contributed by atoms with E-state index in [4.69, 9.17) is 9.84 Å². The van der Waals surface area contributed by atoms with Gasteiger partial charge in [-0.1, -0.05) is 13.8 Å². The van der Waals surface area contributed by atoms with Crippen molar-refractivity contribution in [3.63, 3.8) is 0 Å². The van der Waals surface area contributed by atoms with E-state index in [0.29, 0.717) is 12.5 Å². The molecule has 0 amide bonds. The van der Waals surface area contributed by atoms with Crippen LogP contribution in [0, 0.1) is 18.7 Å². The van der Waals surface area contributed by atoms with Crippen LogP contribution in [0.3, 0.4) is 0 Å². The number of rotatable bonds is 8. The molecule has 21 heavy (non-hydrogen) atoms. The van der Waals surface area contributed by atoms with Crippen molar-refractivity contribution in [1.29, 1.82) is 0 Å². The molecule has 0 aliphatic carbocycles. The summed E-state index contributed by atoms with van der Waals surface area (Å²) in [5.74, 6) is -0.204. The minimum atomic E-state index is -3.74. The Morgan fingerprint density at radius 2 is 2.05 bits per heavy atom. The molecule has 1 aromatic rings. The first-order chi connectivity index (χ1) is 9.77. The predicted octanol–water partition coefficient (Wildman–Crippen LogP) is 1.58. The summed E-state index contributed by atoms with van der Waals surface area (Å²) in [5.41, 5.74) is 0.143. The Morgan fingerprint density at radius 3 is 2.62 bits per heavy atom. The van der Waals surface area contributed by atoms with Crippen molar-refractivity contribution in [1.82, 2.24) is 4.72 Å². The largest absolute Gasteiger partial charge is 0.392 e. The lowest BCUT2D eigenvalue weighted by Crippen LogP contribution is -2.28. The highest BCUT2D eigenvalue weighted by Crippen LogP contribution is 2.19. The van der Waals surface area contributed by atoms with Gasteiger partial charge in [-0.05, 0) is 30.5 Å². The molecule has 0 spiro atoms. The van der Waals surface area contributed by atoms with Gasteiger partial charge in [0.2, 0.25) is 10.0 Å². The first kappa shape index (κ1) is 18.0. The number of ether oxygens (including phenoxy) is 1. The maximum absolute atomic E-state index is 13.6. The van der Waals surface area contributed by atoms with E-state index in [1.54, 1.807) is 0 Å². The van der Waals surface area contributed by atoms with Gasteiger partial charge in [-0.15, -0.1) is 0 Å². The zero-order valence-electron chi connectivity index (χ0n) is 12.5. The van der Waals surface area contributed by atoms with Crippen LogP contribution in [0.25, 0.3) is 0 Å². The van der Waals surface area contributed by atoms with E-state index >= 15 is 0 Å². The summed E-state index contributed by atoms with van der Waals surface area (Å²) >= 11 is 0. The molecular weight excluding hydrogens is 297 g/mol. The van der Waals surface area contributed by atoms with Gasteiger partial charge >= 0.3 is 0 Å². The average Bonchev–Trinajstić information content (AvgIpc) is 2.40. The SMILES string of the molecule is Cc1cc(S(=O)(=O)NCCOCC(C)C)cc(CO)c1F. The number of aliphatic hydroxyl groups excluding tert-OH is 1. The molecule has 2 N–H and O–H groups in total. The molecule has 0 unspecified atom stereocenters. The highest BCUT2D eigenvalue weighted by atomic mass is 32.2. The van der Waals surface area contributed by atoms with Crippen LogP contribution in [-0.2, 0) is 21.4 Å². The Kier molecular flexibility index (Phi) is 6.73. The smallest absolute Gasteiger partial charge is 0.240 e. The third-order valence-electron chi connectivity index (χ3n) is 2.77. The Bertz CT molecular complexity index is 573. The fourth-order valence-electron chi connectivity index (χ4n) is 1.73. The van der Waals surface area contributed by atoms with Crippen molar-refractivity contribution in [3.05, 3.63) is 29.1 Å². The van der Waals surface area contributed by atoms with Gasteiger partial charge in [-0.3, -0.25) is 0 Å². The Labute approximate surface area is 125 Å². The quantitative estimate of drug-likeness (QED) is 0.713. The van der Waals surface area contributed by atoms with Crippen molar-refractivity contribution in [2.24, 2.45) is 5.92 Å². The molecule has 0 atom stereocenters. The summed E-state index contributed by atoms with van der Waals surface area (Å²) in [6.45, 7) is 5.88. The number of hydrogen-bond donors (Lipinski definition) is 2. The molecule has 0 fully saturated rings. The maximum atomic E-state index is 13.6. The van der Waals surface area contributed by atoms with Crippen LogP contribution in [0.4, 0.5) is 4.39 Å². The second-order valence-corrected chi connectivity index (χ2v) is 7.00. The molecule has 1 aromatic carbocycles. The standard InChI is InChI=1S/C14H22FNO4S/c1-10(2)9-20-5-4-16-21(18,19)13-6-11(3)14(15)12(7-13)8-17/h6-7,10,16-17H,4-5,8-9H2,1-3H3. The molecule has 120 valence electrons. The number of aliphatic hydroxyl groups is 1. The third kappa shape index (κ3) is 5.35. The van der Waals surface area contributed by atoms with E-state index in [0.717, 1.165) is 6.07 Å². The summed E-state index contributed by atoms with van der Waals surface area (Å²) < 4.78 is 45.5. The normalized spacial score (nSPS) is 12.1. The lowest BCUT2D eigenvalue weighted by molar-refractivity contribution is 0.114. The zero-order valence-corrected chi connectivity index (χ0v) is 13.3. The fourth-order valence-corrected chi connectivity index (χ4v) is 2.88. The maximum Gasteiger partial charge on any atom is 0.240 e. The summed E-state index contributed by atoms with van der Waals surface area (Å²) in [5, 5.41) is 9.06. The number of benzene rings is 1. The van der Waals surface area contributed by atoms with Crippen molar-refractivity contribution in [2.75, 3.05) is 19.8 Å². The molecule has 0 radical (unpaired) electrons. The minimum Gasteiger partial charge on any atom is -0.392 e. The van der Waals surface area contributed by atoms with Crippen LogP contribution in [0.15, 0.2) is 17.0 Å². The number of sulfonamides is 1. The lowest BCUT2D eigenvalue weighted by atomic mass is 10.1. The number of aryl methyl sites for hydroxylation is 1. The van der Waals surface area contributed by atoms with Crippen LogP contribution >= 0.6 is 0 Å². The van der Waals surface area contributed by atoms with E-state index in [1.807, 2.05) is 13.8 Å². The van der Waals surface area contributed by atoms with Crippen molar-refractivity contribution in [3.8, 4) is 0 Å². The van der Waals surface area contributed by atoms with Gasteiger partial charge in [-0.2, -0.15) is 0 Å². The molecule has 0 heterocycles. The second kappa shape index (κ2) is 7.84. The molecule has 1 rings (SSSR count). The third-order valence-corrected chi connectivity index (χ3v) is 4.21. The topological polar surface area (TPSA) is 75.6 Å². The van der Waals surface area contributed by atoms with Gasteiger partial charge in [0.1, 0.15) is 5.82 Å². The van der Waals surface area contributed by atoms with Crippen LogP contribution in [0.5, 0.6) is 0 Å². The Balaban J connectivity index is 2.72. The van der Waals surface area contributed by atoms with E-state index in [1.165, 1.54) is 13.0 Å². The first-order valence-corrected chi connectivity index (χ1v) is 8.23. The van der Waals surface area contributed by atoms with Crippen LogP contribution in [-0.4, -0.2) is 33.3 Å². The molecular formula is C14H22FNO4S. The summed E-state index contributed by atoms with van der Waals surface area (Å²) in [7, 11) is -3.74. The van der Waals surface area contributed by atoms with Gasteiger partial charge in [-0.25, -0.2) is 17.5 Å². The van der Waals surface area contributed by atoms with Gasteiger partial charge in [0, 0.05) is 18.7 Å². The average molecular weight is 319 g/mol. The molecule has 0 saturated heterocycles. The summed E-state index contributed by atoms with van der Waals surface area (Å²) in [4.78, 5) is -0.0608. The molecule has 0 aliphatic heterocycles. The molecule has 7 heteroatoms. The van der Waals surface area contributed by atoms with Crippen LogP contribution in [0.2, 0.25) is 0 Å². The number of nitrogens with one attached hydrogen (secondary N) is 1. The summed E-state index contributed by atoms with van der Waals surface area (Å²) in [6.07, 6.45) is 0. The molecule has 0 aromatic heterocycles. The monoisotopic (exact) mass is 319 g/mol. The van der Waals surface area contributed by atoms with E-state index in [-0.39, 0.29) is 29.2 Å². The molecule has 5 nitrogen and oxygen atoms in total. The zero-order chi connectivity index (χ0) is 16.0. The second-order valence-electron chi connectivity index (χ2n) is 5.24. The summed E-state index contributed by atoms with van der Waals surface area (Å²) in [6, 6.07) is 2.38. The number of hydrogen-bond acceptors (Lipinski definition) is 4. The Morgan fingerprint density at radius 1 is 1.38 bits per heavy atom. The van der Waals surface area contributed by atoms with Gasteiger partial charge in [0.25, 0.3) is 0 Å². The van der Waals surface area contributed by atoms with Crippen LogP contribution in [0.1, 0.15) is 25.0 Å².